The molecule has 1 aromatic rings. The van der Waals surface area contributed by atoms with Gasteiger partial charge in [0.1, 0.15) is 11.6 Å². The molecule has 1 rings (SSSR count). The van der Waals surface area contributed by atoms with Gasteiger partial charge in [-0.15, -0.1) is 0 Å². The van der Waals surface area contributed by atoms with Crippen molar-refractivity contribution in [3.8, 4) is 0 Å². The molecule has 0 saturated carbocycles. The van der Waals surface area contributed by atoms with Crippen molar-refractivity contribution < 1.29 is 13.9 Å². The van der Waals surface area contributed by atoms with Gasteiger partial charge in [0, 0.05) is 11.9 Å². The number of hydrogen-bond acceptors (Lipinski definition) is 2. The Bertz CT molecular complexity index is 374. The lowest BCUT2D eigenvalue weighted by molar-refractivity contribution is -0.134. The Balaban J connectivity index is 3.02. The van der Waals surface area contributed by atoms with Gasteiger partial charge in [-0.25, -0.2) is 4.39 Å². The lowest BCUT2D eigenvalue weighted by atomic mass is 10.2. The maximum atomic E-state index is 13.2. The average molecular weight is 259 g/mol. The minimum absolute atomic E-state index is 0.163. The smallest absolute Gasteiger partial charge is 0.308 e. The number of hydrogen-bond donors (Lipinski definition) is 0. The van der Waals surface area contributed by atoms with Crippen molar-refractivity contribution >= 4 is 27.7 Å². The van der Waals surface area contributed by atoms with Gasteiger partial charge in [-0.1, -0.05) is 28.1 Å². The van der Waals surface area contributed by atoms with Crippen molar-refractivity contribution in [3.63, 3.8) is 0 Å². The second-order valence-electron chi connectivity index (χ2n) is 2.55. The second-order valence-corrected chi connectivity index (χ2v) is 3.00. The number of benzene rings is 1. The van der Waals surface area contributed by atoms with E-state index in [2.05, 4.69) is 15.9 Å². The SMILES string of the molecule is CC(=O)O/C(=C\Br)c1ccccc1F. The molecule has 0 radical (unpaired) electrons. The van der Waals surface area contributed by atoms with Crippen molar-refractivity contribution in [1.82, 2.24) is 0 Å². The monoisotopic (exact) mass is 258 g/mol. The molecule has 0 fully saturated rings. The predicted octanol–water partition coefficient (Wildman–Crippen LogP) is 3.08. The summed E-state index contributed by atoms with van der Waals surface area (Å²) in [5.41, 5.74) is 0.250. The summed E-state index contributed by atoms with van der Waals surface area (Å²) in [5, 5.41) is 0. The third-order valence-corrected chi connectivity index (χ3v) is 1.91. The number of ether oxygens (including phenoxy) is 1. The molecule has 0 unspecified atom stereocenters. The zero-order chi connectivity index (χ0) is 10.6. The van der Waals surface area contributed by atoms with Crippen molar-refractivity contribution in [2.75, 3.05) is 0 Å². The molecule has 14 heavy (non-hydrogen) atoms. The summed E-state index contributed by atoms with van der Waals surface area (Å²) in [6.07, 6.45) is 0. The molecule has 0 aliphatic heterocycles. The van der Waals surface area contributed by atoms with Crippen LogP contribution in [0.1, 0.15) is 12.5 Å². The van der Waals surface area contributed by atoms with Gasteiger partial charge in [-0.3, -0.25) is 4.79 Å². The maximum Gasteiger partial charge on any atom is 0.308 e. The van der Waals surface area contributed by atoms with E-state index in [-0.39, 0.29) is 11.3 Å². The first-order chi connectivity index (χ1) is 6.65. The number of rotatable bonds is 2. The number of carbonyl (C=O) groups is 1. The molecule has 0 aliphatic rings. The van der Waals surface area contributed by atoms with Gasteiger partial charge in [-0.05, 0) is 12.1 Å². The third kappa shape index (κ3) is 2.67. The summed E-state index contributed by atoms with van der Waals surface area (Å²) >= 11 is 3.01. The number of esters is 1. The Kier molecular flexibility index (Phi) is 3.83. The molecule has 0 atom stereocenters. The van der Waals surface area contributed by atoms with E-state index in [0.29, 0.717) is 0 Å². The molecule has 74 valence electrons. The van der Waals surface area contributed by atoms with Gasteiger partial charge in [0.25, 0.3) is 0 Å². The molecular weight excluding hydrogens is 251 g/mol. The minimum atomic E-state index is -0.487. The molecule has 0 heterocycles. The van der Waals surface area contributed by atoms with Gasteiger partial charge in [0.05, 0.1) is 5.56 Å². The molecule has 0 aromatic heterocycles. The summed E-state index contributed by atoms with van der Waals surface area (Å²) in [7, 11) is 0. The van der Waals surface area contributed by atoms with Gasteiger partial charge in [-0.2, -0.15) is 0 Å². The third-order valence-electron chi connectivity index (χ3n) is 1.49. The summed E-state index contributed by atoms with van der Waals surface area (Å²) in [6.45, 7) is 1.26. The summed E-state index contributed by atoms with van der Waals surface area (Å²) in [6, 6.07) is 6.07. The summed E-state index contributed by atoms with van der Waals surface area (Å²) in [5.74, 6) is -0.756. The van der Waals surface area contributed by atoms with E-state index in [1.54, 1.807) is 12.1 Å². The minimum Gasteiger partial charge on any atom is -0.425 e. The normalized spacial score (nSPS) is 11.2. The van der Waals surface area contributed by atoms with Crippen LogP contribution < -0.4 is 0 Å². The van der Waals surface area contributed by atoms with Crippen LogP contribution in [0.4, 0.5) is 4.39 Å². The molecular formula is C10H8BrFO2. The lowest BCUT2D eigenvalue weighted by Crippen LogP contribution is -1.99. The van der Waals surface area contributed by atoms with Crippen molar-refractivity contribution in [3.05, 3.63) is 40.6 Å². The molecule has 0 bridgehead atoms. The first kappa shape index (κ1) is 10.9. The zero-order valence-corrected chi connectivity index (χ0v) is 9.05. The van der Waals surface area contributed by atoms with Crippen LogP contribution in [0.25, 0.3) is 5.76 Å². The largest absolute Gasteiger partial charge is 0.425 e. The fourth-order valence-corrected chi connectivity index (χ4v) is 1.29. The maximum absolute atomic E-state index is 13.2. The summed E-state index contributed by atoms with van der Waals surface area (Å²) in [4.78, 5) is 12.1. The predicted molar refractivity (Wildman–Crippen MR) is 55.1 cm³/mol. The molecule has 2 nitrogen and oxygen atoms in total. The molecule has 0 amide bonds. The Morgan fingerprint density at radius 2 is 2.14 bits per heavy atom. The Hall–Kier alpha value is -1.16. The Morgan fingerprint density at radius 1 is 1.50 bits per heavy atom. The van der Waals surface area contributed by atoms with Crippen LogP contribution in [-0.2, 0) is 9.53 Å². The van der Waals surface area contributed by atoms with Gasteiger partial charge < -0.3 is 4.74 Å². The highest BCUT2D eigenvalue weighted by Crippen LogP contribution is 2.20. The molecule has 0 N–H and O–H groups in total. The van der Waals surface area contributed by atoms with Crippen LogP contribution in [-0.4, -0.2) is 5.97 Å². The first-order valence-electron chi connectivity index (χ1n) is 3.89. The topological polar surface area (TPSA) is 26.3 Å². The Morgan fingerprint density at radius 3 is 2.64 bits per heavy atom. The Labute approximate surface area is 89.5 Å². The van der Waals surface area contributed by atoms with E-state index in [4.69, 9.17) is 4.74 Å². The van der Waals surface area contributed by atoms with Crippen LogP contribution in [0.2, 0.25) is 0 Å². The number of halogens is 2. The van der Waals surface area contributed by atoms with Crippen LogP contribution >= 0.6 is 15.9 Å². The zero-order valence-electron chi connectivity index (χ0n) is 7.46. The highest BCUT2D eigenvalue weighted by Gasteiger charge is 2.09. The fourth-order valence-electron chi connectivity index (χ4n) is 0.952. The van der Waals surface area contributed by atoms with Crippen LogP contribution in [0.15, 0.2) is 29.3 Å². The molecule has 4 heteroatoms. The molecule has 0 aliphatic carbocycles. The molecule has 0 spiro atoms. The molecule has 0 saturated heterocycles. The second kappa shape index (κ2) is 4.91. The van der Waals surface area contributed by atoms with E-state index in [1.165, 1.54) is 24.0 Å². The van der Waals surface area contributed by atoms with E-state index in [0.717, 1.165) is 0 Å². The first-order valence-corrected chi connectivity index (χ1v) is 4.80. The van der Waals surface area contributed by atoms with Crippen LogP contribution in [0.3, 0.4) is 0 Å². The molecule has 1 aromatic carbocycles. The van der Waals surface area contributed by atoms with Crippen LogP contribution in [0.5, 0.6) is 0 Å². The van der Waals surface area contributed by atoms with E-state index >= 15 is 0 Å². The fraction of sp³-hybridized carbons (Fsp3) is 0.100. The van der Waals surface area contributed by atoms with Gasteiger partial charge in [0.15, 0.2) is 0 Å². The highest BCUT2D eigenvalue weighted by molar-refractivity contribution is 9.11. The standard InChI is InChI=1S/C10H8BrFO2/c1-7(13)14-10(6-11)8-4-2-3-5-9(8)12/h2-6H,1H3/b10-6-. The van der Waals surface area contributed by atoms with E-state index in [9.17, 15) is 9.18 Å². The van der Waals surface area contributed by atoms with E-state index < -0.39 is 11.8 Å². The summed E-state index contributed by atoms with van der Waals surface area (Å²) < 4.78 is 18.0. The van der Waals surface area contributed by atoms with Crippen LogP contribution in [0, 0.1) is 5.82 Å². The van der Waals surface area contributed by atoms with E-state index in [1.807, 2.05) is 0 Å². The van der Waals surface area contributed by atoms with Crippen molar-refractivity contribution in [2.45, 2.75) is 6.92 Å². The number of carbonyl (C=O) groups excluding carboxylic acids is 1. The van der Waals surface area contributed by atoms with Gasteiger partial charge in [0.2, 0.25) is 0 Å². The van der Waals surface area contributed by atoms with Crippen molar-refractivity contribution in [2.24, 2.45) is 0 Å². The average Bonchev–Trinajstić information content (AvgIpc) is 2.15. The highest BCUT2D eigenvalue weighted by atomic mass is 79.9. The quantitative estimate of drug-likeness (QED) is 0.602. The van der Waals surface area contributed by atoms with Crippen molar-refractivity contribution in [1.29, 1.82) is 0 Å². The van der Waals surface area contributed by atoms with Gasteiger partial charge >= 0.3 is 5.97 Å². The lowest BCUT2D eigenvalue weighted by Gasteiger charge is -2.06.